The van der Waals surface area contributed by atoms with Gasteiger partial charge in [-0.3, -0.25) is 4.79 Å². The highest BCUT2D eigenvalue weighted by Crippen LogP contribution is 2.35. The number of phenols is 1. The average molecular weight is 217 g/mol. The summed E-state index contributed by atoms with van der Waals surface area (Å²) in [5, 5.41) is 10.8. The number of phenolic OH excluding ortho intramolecular Hbond substituents is 1. The fourth-order valence-corrected chi connectivity index (χ4v) is 2.07. The predicted octanol–water partition coefficient (Wildman–Crippen LogP) is 2.82. The van der Waals surface area contributed by atoms with Crippen molar-refractivity contribution >= 4 is 17.2 Å². The van der Waals surface area contributed by atoms with Crippen molar-refractivity contribution in [1.82, 2.24) is 4.57 Å². The minimum atomic E-state index is 0.232. The van der Waals surface area contributed by atoms with Crippen LogP contribution in [0.2, 0.25) is 0 Å². The Labute approximate surface area is 94.3 Å². The Bertz CT molecular complexity index is 553. The summed E-state index contributed by atoms with van der Waals surface area (Å²) in [5.41, 5.74) is 2.29. The predicted molar refractivity (Wildman–Crippen MR) is 64.1 cm³/mol. The van der Waals surface area contributed by atoms with Crippen LogP contribution in [0, 0.1) is 0 Å². The van der Waals surface area contributed by atoms with Crippen molar-refractivity contribution in [1.29, 1.82) is 0 Å². The summed E-state index contributed by atoms with van der Waals surface area (Å²) in [5.74, 6) is 0.472. The third-order valence-corrected chi connectivity index (χ3v) is 2.94. The van der Waals surface area contributed by atoms with Gasteiger partial charge >= 0.3 is 0 Å². The zero-order valence-corrected chi connectivity index (χ0v) is 9.69. The molecule has 1 heterocycles. The Morgan fingerprint density at radius 3 is 2.62 bits per heavy atom. The maximum absolute atomic E-state index is 10.9. The zero-order valence-electron chi connectivity index (χ0n) is 9.69. The number of hydrogen-bond acceptors (Lipinski definition) is 2. The van der Waals surface area contributed by atoms with Gasteiger partial charge in [-0.2, -0.15) is 0 Å². The van der Waals surface area contributed by atoms with Crippen LogP contribution in [0.3, 0.4) is 0 Å². The van der Waals surface area contributed by atoms with Crippen molar-refractivity contribution < 1.29 is 9.90 Å². The Morgan fingerprint density at radius 2 is 2.06 bits per heavy atom. The number of aldehydes is 1. The van der Waals surface area contributed by atoms with Crippen molar-refractivity contribution in [3.8, 4) is 5.75 Å². The first kappa shape index (κ1) is 10.7. The SMILES string of the molecule is CC(C)c1ccc2c(c(C=O)cn2C)c1O. The normalized spacial score (nSPS) is 11.2. The molecule has 2 rings (SSSR count). The van der Waals surface area contributed by atoms with Crippen LogP contribution in [0.4, 0.5) is 0 Å². The topological polar surface area (TPSA) is 42.2 Å². The van der Waals surface area contributed by atoms with Crippen LogP contribution in [0.15, 0.2) is 18.3 Å². The standard InChI is InChI=1S/C13H15NO2/c1-8(2)10-4-5-11-12(13(10)16)9(7-15)6-14(11)3/h4-8,16H,1-3H3. The number of carbonyl (C=O) groups is 1. The van der Waals surface area contributed by atoms with E-state index in [4.69, 9.17) is 0 Å². The van der Waals surface area contributed by atoms with Gasteiger partial charge in [-0.1, -0.05) is 19.9 Å². The first-order chi connectivity index (χ1) is 7.56. The molecule has 0 saturated heterocycles. The molecule has 0 fully saturated rings. The molecule has 0 bridgehead atoms. The molecule has 3 nitrogen and oxygen atoms in total. The van der Waals surface area contributed by atoms with E-state index in [2.05, 4.69) is 0 Å². The number of rotatable bonds is 2. The van der Waals surface area contributed by atoms with E-state index in [1.807, 2.05) is 37.6 Å². The molecule has 0 radical (unpaired) electrons. The van der Waals surface area contributed by atoms with Gasteiger partial charge in [0, 0.05) is 18.8 Å². The first-order valence-corrected chi connectivity index (χ1v) is 5.32. The highest BCUT2D eigenvalue weighted by atomic mass is 16.3. The summed E-state index contributed by atoms with van der Waals surface area (Å²) in [6.45, 7) is 4.04. The summed E-state index contributed by atoms with van der Waals surface area (Å²) in [6, 6.07) is 3.86. The minimum Gasteiger partial charge on any atom is -0.507 e. The molecule has 0 spiro atoms. The quantitative estimate of drug-likeness (QED) is 0.786. The number of aromatic hydroxyl groups is 1. The molecule has 0 amide bonds. The van der Waals surface area contributed by atoms with Gasteiger partial charge < -0.3 is 9.67 Å². The van der Waals surface area contributed by atoms with Gasteiger partial charge in [0.05, 0.1) is 10.9 Å². The second kappa shape index (κ2) is 3.67. The lowest BCUT2D eigenvalue weighted by atomic mass is 9.99. The van der Waals surface area contributed by atoms with Gasteiger partial charge in [0.2, 0.25) is 0 Å². The molecule has 0 aliphatic heterocycles. The van der Waals surface area contributed by atoms with Crippen molar-refractivity contribution in [3.05, 3.63) is 29.5 Å². The van der Waals surface area contributed by atoms with Crippen LogP contribution in [0.1, 0.15) is 35.7 Å². The van der Waals surface area contributed by atoms with Crippen molar-refractivity contribution in [2.45, 2.75) is 19.8 Å². The number of benzene rings is 1. The molecule has 84 valence electrons. The maximum Gasteiger partial charge on any atom is 0.152 e. The molecule has 0 aliphatic carbocycles. The van der Waals surface area contributed by atoms with Crippen molar-refractivity contribution in [2.24, 2.45) is 7.05 Å². The largest absolute Gasteiger partial charge is 0.507 e. The smallest absolute Gasteiger partial charge is 0.152 e. The second-order valence-electron chi connectivity index (χ2n) is 4.37. The van der Waals surface area contributed by atoms with Gasteiger partial charge in [0.15, 0.2) is 6.29 Å². The zero-order chi connectivity index (χ0) is 11.9. The highest BCUT2D eigenvalue weighted by molar-refractivity contribution is 6.01. The highest BCUT2D eigenvalue weighted by Gasteiger charge is 2.15. The third kappa shape index (κ3) is 1.40. The Morgan fingerprint density at radius 1 is 1.38 bits per heavy atom. The van der Waals surface area contributed by atoms with Crippen LogP contribution < -0.4 is 0 Å². The summed E-state index contributed by atoms with van der Waals surface area (Å²) < 4.78 is 1.85. The molecule has 16 heavy (non-hydrogen) atoms. The molecule has 0 unspecified atom stereocenters. The third-order valence-electron chi connectivity index (χ3n) is 2.94. The van der Waals surface area contributed by atoms with Gasteiger partial charge in [0.1, 0.15) is 5.75 Å². The molecule has 2 aromatic rings. The molecular formula is C13H15NO2. The number of aryl methyl sites for hydroxylation is 1. The number of nitrogens with zero attached hydrogens (tertiary/aromatic N) is 1. The van der Waals surface area contributed by atoms with Gasteiger partial charge in [-0.05, 0) is 17.5 Å². The Kier molecular flexibility index (Phi) is 2.46. The van der Waals surface area contributed by atoms with Gasteiger partial charge in [0.25, 0.3) is 0 Å². The van der Waals surface area contributed by atoms with Gasteiger partial charge in [-0.15, -0.1) is 0 Å². The molecular weight excluding hydrogens is 202 g/mol. The molecule has 0 atom stereocenters. The summed E-state index contributed by atoms with van der Waals surface area (Å²) in [6.07, 6.45) is 2.52. The molecule has 1 aromatic heterocycles. The van der Waals surface area contributed by atoms with Crippen LogP contribution >= 0.6 is 0 Å². The number of fused-ring (bicyclic) bond motifs is 1. The number of hydrogen-bond donors (Lipinski definition) is 1. The maximum atomic E-state index is 10.9. The van der Waals surface area contributed by atoms with Crippen LogP contribution in [0.5, 0.6) is 5.75 Å². The minimum absolute atomic E-state index is 0.232. The number of aromatic nitrogens is 1. The molecule has 0 aliphatic rings. The summed E-state index contributed by atoms with van der Waals surface area (Å²) >= 11 is 0. The number of carbonyl (C=O) groups excluding carboxylic acids is 1. The van der Waals surface area contributed by atoms with Crippen molar-refractivity contribution in [3.63, 3.8) is 0 Å². The molecule has 1 aromatic carbocycles. The van der Waals surface area contributed by atoms with Crippen molar-refractivity contribution in [2.75, 3.05) is 0 Å². The second-order valence-corrected chi connectivity index (χ2v) is 4.37. The average Bonchev–Trinajstić information content (AvgIpc) is 2.56. The van der Waals surface area contributed by atoms with Crippen LogP contribution in [-0.2, 0) is 7.05 Å². The van der Waals surface area contributed by atoms with E-state index in [0.29, 0.717) is 10.9 Å². The Hall–Kier alpha value is -1.77. The van der Waals surface area contributed by atoms with E-state index in [1.165, 1.54) is 0 Å². The lowest BCUT2D eigenvalue weighted by molar-refractivity contribution is 0.112. The fourth-order valence-electron chi connectivity index (χ4n) is 2.07. The lowest BCUT2D eigenvalue weighted by Gasteiger charge is -2.09. The summed E-state index contributed by atoms with van der Waals surface area (Å²) in [4.78, 5) is 10.9. The summed E-state index contributed by atoms with van der Waals surface area (Å²) in [7, 11) is 1.86. The lowest BCUT2D eigenvalue weighted by Crippen LogP contribution is -1.90. The molecule has 0 saturated carbocycles. The van der Waals surface area contributed by atoms with E-state index < -0.39 is 0 Å². The fraction of sp³-hybridized carbons (Fsp3) is 0.308. The van der Waals surface area contributed by atoms with Crippen LogP contribution in [0.25, 0.3) is 10.9 Å². The van der Waals surface area contributed by atoms with E-state index >= 15 is 0 Å². The molecule has 3 heteroatoms. The monoisotopic (exact) mass is 217 g/mol. The van der Waals surface area contributed by atoms with E-state index in [1.54, 1.807) is 6.20 Å². The van der Waals surface area contributed by atoms with Gasteiger partial charge in [-0.25, -0.2) is 0 Å². The van der Waals surface area contributed by atoms with Crippen LogP contribution in [-0.4, -0.2) is 16.0 Å². The molecule has 1 N–H and O–H groups in total. The first-order valence-electron chi connectivity index (χ1n) is 5.32. The van der Waals surface area contributed by atoms with E-state index in [0.717, 1.165) is 17.4 Å². The van der Waals surface area contributed by atoms with E-state index in [-0.39, 0.29) is 11.7 Å². The Balaban J connectivity index is 2.86. The van der Waals surface area contributed by atoms with E-state index in [9.17, 15) is 9.90 Å².